The maximum atomic E-state index is 13.5. The van der Waals surface area contributed by atoms with Crippen molar-refractivity contribution in [3.8, 4) is 5.75 Å². The fraction of sp³-hybridized carbons (Fsp3) is 0.0909. The van der Waals surface area contributed by atoms with E-state index in [9.17, 15) is 22.0 Å². The van der Waals surface area contributed by atoms with E-state index in [1.165, 1.54) is 0 Å². The number of hydrogen-bond acceptors (Lipinski definition) is 2. The average molecular weight is 263 g/mol. The van der Waals surface area contributed by atoms with Gasteiger partial charge in [0.05, 0.1) is 5.39 Å². The first kappa shape index (κ1) is 12.4. The summed E-state index contributed by atoms with van der Waals surface area (Å²) in [6.07, 6.45) is -4.71. The van der Waals surface area contributed by atoms with E-state index in [2.05, 4.69) is 0 Å². The summed E-state index contributed by atoms with van der Waals surface area (Å²) in [6.45, 7) is 0. The minimum Gasteiger partial charge on any atom is -0.505 e. The van der Waals surface area contributed by atoms with Crippen molar-refractivity contribution in [1.82, 2.24) is 0 Å². The Morgan fingerprint density at radius 2 is 1.72 bits per heavy atom. The summed E-state index contributed by atoms with van der Waals surface area (Å²) in [4.78, 5) is 0. The van der Waals surface area contributed by atoms with Crippen molar-refractivity contribution >= 4 is 16.5 Å². The molecule has 0 bridgehead atoms. The summed E-state index contributed by atoms with van der Waals surface area (Å²) in [5.74, 6) is -3.16. The molecule has 2 aromatic rings. The van der Waals surface area contributed by atoms with Crippen LogP contribution in [0.2, 0.25) is 0 Å². The SMILES string of the molecule is Oc1ccc2cc(NC(F)(F)F)cc(F)c2c1F. The number of benzene rings is 2. The van der Waals surface area contributed by atoms with Gasteiger partial charge in [-0.1, -0.05) is 6.07 Å². The fourth-order valence-corrected chi connectivity index (χ4v) is 1.60. The molecule has 2 N–H and O–H groups in total. The van der Waals surface area contributed by atoms with Gasteiger partial charge in [0, 0.05) is 5.69 Å². The topological polar surface area (TPSA) is 32.3 Å². The smallest absolute Gasteiger partial charge is 0.482 e. The van der Waals surface area contributed by atoms with E-state index in [-0.39, 0.29) is 5.39 Å². The zero-order chi connectivity index (χ0) is 13.5. The van der Waals surface area contributed by atoms with Crippen LogP contribution in [0.1, 0.15) is 0 Å². The molecule has 0 radical (unpaired) electrons. The van der Waals surface area contributed by atoms with Gasteiger partial charge in [0.2, 0.25) is 0 Å². The Morgan fingerprint density at radius 3 is 2.33 bits per heavy atom. The number of halogens is 5. The number of nitrogens with one attached hydrogen (secondary N) is 1. The second-order valence-electron chi connectivity index (χ2n) is 3.58. The number of phenolic OH excluding ortho intramolecular Hbond substituents is 1. The largest absolute Gasteiger partial charge is 0.505 e. The van der Waals surface area contributed by atoms with Crippen LogP contribution < -0.4 is 5.32 Å². The van der Waals surface area contributed by atoms with Gasteiger partial charge in [-0.05, 0) is 23.6 Å². The Kier molecular flexibility index (Phi) is 2.76. The molecule has 0 saturated heterocycles. The van der Waals surface area contributed by atoms with Gasteiger partial charge in [-0.25, -0.2) is 8.78 Å². The van der Waals surface area contributed by atoms with Crippen molar-refractivity contribution in [2.24, 2.45) is 0 Å². The summed E-state index contributed by atoms with van der Waals surface area (Å²) in [6, 6.07) is 3.51. The van der Waals surface area contributed by atoms with Gasteiger partial charge in [-0.2, -0.15) is 13.2 Å². The second kappa shape index (κ2) is 4.01. The van der Waals surface area contributed by atoms with Gasteiger partial charge in [0.15, 0.2) is 11.6 Å². The number of aromatic hydroxyl groups is 1. The van der Waals surface area contributed by atoms with Gasteiger partial charge in [0.1, 0.15) is 5.82 Å². The van der Waals surface area contributed by atoms with E-state index in [0.717, 1.165) is 23.5 Å². The Morgan fingerprint density at radius 1 is 1.06 bits per heavy atom. The van der Waals surface area contributed by atoms with Crippen LogP contribution in [0.3, 0.4) is 0 Å². The molecule has 0 unspecified atom stereocenters. The minimum absolute atomic E-state index is 0.0861. The first-order valence-corrected chi connectivity index (χ1v) is 4.73. The Hall–Kier alpha value is -2.05. The lowest BCUT2D eigenvalue weighted by Crippen LogP contribution is -2.20. The van der Waals surface area contributed by atoms with Crippen LogP contribution in [-0.4, -0.2) is 11.4 Å². The molecule has 2 nitrogen and oxygen atoms in total. The molecule has 0 atom stereocenters. The summed E-state index contributed by atoms with van der Waals surface area (Å²) >= 11 is 0. The highest BCUT2D eigenvalue weighted by molar-refractivity contribution is 5.88. The van der Waals surface area contributed by atoms with Crippen LogP contribution in [-0.2, 0) is 0 Å². The lowest BCUT2D eigenvalue weighted by molar-refractivity contribution is -0.0999. The van der Waals surface area contributed by atoms with Crippen molar-refractivity contribution in [2.45, 2.75) is 6.30 Å². The molecular formula is C11H6F5NO. The van der Waals surface area contributed by atoms with Crippen molar-refractivity contribution in [3.05, 3.63) is 35.9 Å². The molecule has 0 aromatic heterocycles. The average Bonchev–Trinajstić information content (AvgIpc) is 2.20. The molecule has 18 heavy (non-hydrogen) atoms. The van der Waals surface area contributed by atoms with Gasteiger partial charge in [0.25, 0.3) is 0 Å². The number of anilines is 1. The van der Waals surface area contributed by atoms with Crippen LogP contribution in [0.15, 0.2) is 24.3 Å². The Bertz CT molecular complexity index is 608. The maximum Gasteiger partial charge on any atom is 0.482 e. The predicted octanol–water partition coefficient (Wildman–Crippen LogP) is 3.76. The number of fused-ring (bicyclic) bond motifs is 1. The van der Waals surface area contributed by atoms with E-state index in [1.807, 2.05) is 0 Å². The van der Waals surface area contributed by atoms with Crippen LogP contribution in [0, 0.1) is 11.6 Å². The second-order valence-corrected chi connectivity index (χ2v) is 3.58. The standard InChI is InChI=1S/C11H6F5NO/c12-7-4-6(17-11(14,15)16)3-5-1-2-8(18)10(13)9(5)7/h1-4,17-18H. The molecule has 0 spiro atoms. The van der Waals surface area contributed by atoms with Crippen LogP contribution in [0.4, 0.5) is 27.6 Å². The first-order valence-electron chi connectivity index (χ1n) is 4.73. The van der Waals surface area contributed by atoms with Crippen molar-refractivity contribution < 1.29 is 27.1 Å². The molecule has 7 heteroatoms. The molecule has 0 heterocycles. The van der Waals surface area contributed by atoms with Crippen LogP contribution >= 0.6 is 0 Å². The molecule has 2 rings (SSSR count). The monoisotopic (exact) mass is 263 g/mol. The summed E-state index contributed by atoms with van der Waals surface area (Å²) in [5.41, 5.74) is -0.544. The predicted molar refractivity (Wildman–Crippen MR) is 55.2 cm³/mol. The minimum atomic E-state index is -4.71. The summed E-state index contributed by atoms with van der Waals surface area (Å²) in [7, 11) is 0. The molecule has 0 aliphatic heterocycles. The third-order valence-electron chi connectivity index (χ3n) is 2.27. The van der Waals surface area contributed by atoms with Gasteiger partial charge >= 0.3 is 6.30 Å². The molecule has 0 aliphatic carbocycles. The number of rotatable bonds is 1. The zero-order valence-corrected chi connectivity index (χ0v) is 8.65. The third kappa shape index (κ3) is 2.29. The molecule has 96 valence electrons. The van der Waals surface area contributed by atoms with E-state index in [1.54, 1.807) is 0 Å². The highest BCUT2D eigenvalue weighted by atomic mass is 19.4. The summed E-state index contributed by atoms with van der Waals surface area (Å²) < 4.78 is 63.1. The number of alkyl halides is 3. The van der Waals surface area contributed by atoms with Crippen LogP contribution in [0.5, 0.6) is 5.75 Å². The molecule has 2 aromatic carbocycles. The molecule has 0 fully saturated rings. The molecule has 0 saturated carbocycles. The fourth-order valence-electron chi connectivity index (χ4n) is 1.60. The Labute approximate surface area is 97.6 Å². The van der Waals surface area contributed by atoms with Gasteiger partial charge < -0.3 is 5.11 Å². The van der Waals surface area contributed by atoms with Crippen LogP contribution in [0.25, 0.3) is 10.8 Å². The first-order chi connectivity index (χ1) is 8.28. The molecule has 0 aliphatic rings. The summed E-state index contributed by atoms with van der Waals surface area (Å²) in [5, 5.41) is 9.54. The van der Waals surface area contributed by atoms with E-state index in [0.29, 0.717) is 6.07 Å². The van der Waals surface area contributed by atoms with E-state index in [4.69, 9.17) is 5.11 Å². The normalized spacial score (nSPS) is 11.8. The lowest BCUT2D eigenvalue weighted by Gasteiger charge is -2.11. The zero-order valence-electron chi connectivity index (χ0n) is 8.65. The molecular weight excluding hydrogens is 257 g/mol. The van der Waals surface area contributed by atoms with Gasteiger partial charge in [-0.15, -0.1) is 0 Å². The number of hydrogen-bond donors (Lipinski definition) is 2. The van der Waals surface area contributed by atoms with E-state index < -0.39 is 34.8 Å². The van der Waals surface area contributed by atoms with Gasteiger partial charge in [-0.3, -0.25) is 5.32 Å². The third-order valence-corrected chi connectivity index (χ3v) is 2.27. The van der Waals surface area contributed by atoms with Crippen molar-refractivity contribution in [1.29, 1.82) is 0 Å². The van der Waals surface area contributed by atoms with Crippen molar-refractivity contribution in [2.75, 3.05) is 5.32 Å². The maximum absolute atomic E-state index is 13.5. The van der Waals surface area contributed by atoms with E-state index >= 15 is 0 Å². The highest BCUT2D eigenvalue weighted by Crippen LogP contribution is 2.31. The molecule has 0 amide bonds. The highest BCUT2D eigenvalue weighted by Gasteiger charge is 2.27. The lowest BCUT2D eigenvalue weighted by atomic mass is 10.1. The Balaban J connectivity index is 2.61. The number of phenols is 1. The van der Waals surface area contributed by atoms with Crippen molar-refractivity contribution in [3.63, 3.8) is 0 Å². The quantitative estimate of drug-likeness (QED) is 0.606.